The van der Waals surface area contributed by atoms with Crippen molar-refractivity contribution in [1.82, 2.24) is 0 Å². The molecule has 2 N–H and O–H groups in total. The molecule has 0 aliphatic carbocycles. The van der Waals surface area contributed by atoms with Crippen LogP contribution in [0.25, 0.3) is 0 Å². The maximum absolute atomic E-state index is 10.3. The highest BCUT2D eigenvalue weighted by atomic mass is 32.2. The second-order valence-electron chi connectivity index (χ2n) is 2.59. The van der Waals surface area contributed by atoms with Crippen LogP contribution in [0.2, 0.25) is 0 Å². The molecular weight excluding hydrogens is 212 g/mol. The van der Waals surface area contributed by atoms with E-state index in [9.17, 15) is 8.42 Å². The van der Waals surface area contributed by atoms with E-state index in [1.165, 1.54) is 0 Å². The second kappa shape index (κ2) is 8.13. The van der Waals surface area contributed by atoms with Gasteiger partial charge < -0.3 is 14.6 Å². The smallest absolute Gasteiger partial charge is 0.264 e. The number of hydrogen-bond acceptors (Lipinski definition) is 5. The van der Waals surface area contributed by atoms with E-state index < -0.39 is 10.1 Å². The van der Waals surface area contributed by atoms with Crippen LogP contribution in [0.3, 0.4) is 0 Å². The monoisotopic (exact) mass is 228 g/mol. The predicted octanol–water partition coefficient (Wildman–Crippen LogP) is -0.710. The summed E-state index contributed by atoms with van der Waals surface area (Å²) < 4.78 is 38.7. The Kier molecular flexibility index (Phi) is 8.01. The molecule has 0 fully saturated rings. The molecule has 0 spiro atoms. The van der Waals surface area contributed by atoms with Crippen LogP contribution in [0.5, 0.6) is 0 Å². The van der Waals surface area contributed by atoms with Crippen LogP contribution in [0.4, 0.5) is 0 Å². The van der Waals surface area contributed by atoms with Crippen molar-refractivity contribution in [3.8, 4) is 0 Å². The van der Waals surface area contributed by atoms with Crippen LogP contribution in [0, 0.1) is 0 Å². The van der Waals surface area contributed by atoms with Gasteiger partial charge in [0.1, 0.15) is 0 Å². The molecule has 0 aliphatic heterocycles. The van der Waals surface area contributed by atoms with Crippen LogP contribution in [0.1, 0.15) is 6.42 Å². The predicted molar refractivity (Wildman–Crippen MR) is 49.8 cm³/mol. The molecule has 0 radical (unpaired) electrons. The standard InChI is InChI=1S/C7H16O6S/c8-2-4-13-6-5-12-3-1-7-14(9,10)11/h8H,1-7H2,(H,9,10,11). The number of aliphatic hydroxyl groups excluding tert-OH is 1. The van der Waals surface area contributed by atoms with E-state index in [0.29, 0.717) is 13.2 Å². The Hall–Kier alpha value is -0.210. The lowest BCUT2D eigenvalue weighted by Crippen LogP contribution is -2.10. The first-order valence-corrected chi connectivity index (χ1v) is 5.88. The van der Waals surface area contributed by atoms with Gasteiger partial charge in [0.2, 0.25) is 0 Å². The Morgan fingerprint density at radius 3 is 2.07 bits per heavy atom. The Balaban J connectivity index is 3.07. The average molecular weight is 228 g/mol. The quantitative estimate of drug-likeness (QED) is 0.400. The molecule has 0 atom stereocenters. The van der Waals surface area contributed by atoms with Gasteiger partial charge in [-0.05, 0) is 6.42 Å². The lowest BCUT2D eigenvalue weighted by molar-refractivity contribution is 0.0334. The lowest BCUT2D eigenvalue weighted by atomic mass is 10.5. The molecule has 0 aromatic rings. The number of rotatable bonds is 9. The fourth-order valence-corrected chi connectivity index (χ4v) is 1.21. The largest absolute Gasteiger partial charge is 0.394 e. The van der Waals surface area contributed by atoms with Gasteiger partial charge in [0.15, 0.2) is 0 Å². The molecule has 0 rings (SSSR count). The summed E-state index contributed by atoms with van der Waals surface area (Å²) in [4.78, 5) is 0. The first-order valence-electron chi connectivity index (χ1n) is 4.28. The third-order valence-electron chi connectivity index (χ3n) is 1.30. The van der Waals surface area contributed by atoms with Crippen molar-refractivity contribution in [3.63, 3.8) is 0 Å². The van der Waals surface area contributed by atoms with Gasteiger partial charge in [-0.15, -0.1) is 0 Å². The summed E-state index contributed by atoms with van der Waals surface area (Å²) in [6.07, 6.45) is 0.263. The van der Waals surface area contributed by atoms with E-state index in [-0.39, 0.29) is 32.0 Å². The molecule has 0 saturated heterocycles. The minimum Gasteiger partial charge on any atom is -0.394 e. The third-order valence-corrected chi connectivity index (χ3v) is 2.10. The number of hydrogen-bond donors (Lipinski definition) is 2. The van der Waals surface area contributed by atoms with Crippen molar-refractivity contribution in [3.05, 3.63) is 0 Å². The van der Waals surface area contributed by atoms with Crippen molar-refractivity contribution < 1.29 is 27.6 Å². The zero-order valence-corrected chi connectivity index (χ0v) is 8.70. The maximum atomic E-state index is 10.3. The topological polar surface area (TPSA) is 93.1 Å². The minimum absolute atomic E-state index is 0.0250. The Bertz CT molecular complexity index is 212. The van der Waals surface area contributed by atoms with Crippen LogP contribution in [0.15, 0.2) is 0 Å². The molecule has 0 amide bonds. The molecule has 7 heteroatoms. The normalized spacial score (nSPS) is 11.9. The van der Waals surface area contributed by atoms with E-state index in [4.69, 9.17) is 19.1 Å². The summed E-state index contributed by atoms with van der Waals surface area (Å²) in [5.41, 5.74) is 0. The molecule has 0 aromatic heterocycles. The average Bonchev–Trinajstić information content (AvgIpc) is 2.08. The number of aliphatic hydroxyl groups is 1. The summed E-state index contributed by atoms with van der Waals surface area (Å²) in [5.74, 6) is -0.287. The fraction of sp³-hybridized carbons (Fsp3) is 1.00. The molecule has 86 valence electrons. The molecule has 14 heavy (non-hydrogen) atoms. The minimum atomic E-state index is -3.87. The highest BCUT2D eigenvalue weighted by Crippen LogP contribution is 1.89. The van der Waals surface area contributed by atoms with Crippen molar-refractivity contribution in [1.29, 1.82) is 0 Å². The summed E-state index contributed by atoms with van der Waals surface area (Å²) in [6, 6.07) is 0. The van der Waals surface area contributed by atoms with Crippen LogP contribution >= 0.6 is 0 Å². The third kappa shape index (κ3) is 11.8. The van der Waals surface area contributed by atoms with E-state index >= 15 is 0 Å². The van der Waals surface area contributed by atoms with Crippen molar-refractivity contribution in [2.24, 2.45) is 0 Å². The summed E-state index contributed by atoms with van der Waals surface area (Å²) in [6.45, 7) is 1.23. The molecule has 0 aromatic carbocycles. The van der Waals surface area contributed by atoms with E-state index in [2.05, 4.69) is 0 Å². The maximum Gasteiger partial charge on any atom is 0.264 e. The van der Waals surface area contributed by atoms with Gasteiger partial charge in [0.25, 0.3) is 10.1 Å². The van der Waals surface area contributed by atoms with Gasteiger partial charge in [0, 0.05) is 6.61 Å². The van der Waals surface area contributed by atoms with Gasteiger partial charge in [-0.25, -0.2) is 0 Å². The number of ether oxygens (including phenoxy) is 2. The van der Waals surface area contributed by atoms with Crippen molar-refractivity contribution in [2.45, 2.75) is 6.42 Å². The molecule has 0 bridgehead atoms. The second-order valence-corrected chi connectivity index (χ2v) is 4.16. The first-order chi connectivity index (χ1) is 6.56. The molecule has 0 unspecified atom stereocenters. The van der Waals surface area contributed by atoms with Gasteiger partial charge in [-0.3, -0.25) is 4.55 Å². The molecule has 0 saturated carbocycles. The summed E-state index contributed by atoms with van der Waals surface area (Å²) in [7, 11) is -3.87. The highest BCUT2D eigenvalue weighted by Gasteiger charge is 2.02. The molecule has 0 heterocycles. The van der Waals surface area contributed by atoms with Gasteiger partial charge in [-0.2, -0.15) is 8.42 Å². The Labute approximate surface area is 83.6 Å². The zero-order chi connectivity index (χ0) is 10.9. The molecular formula is C7H16O6S. The van der Waals surface area contributed by atoms with Gasteiger partial charge in [-0.1, -0.05) is 0 Å². The Morgan fingerprint density at radius 2 is 1.57 bits per heavy atom. The zero-order valence-electron chi connectivity index (χ0n) is 7.89. The van der Waals surface area contributed by atoms with Crippen LogP contribution in [-0.4, -0.2) is 56.9 Å². The van der Waals surface area contributed by atoms with Crippen LogP contribution in [-0.2, 0) is 19.6 Å². The van der Waals surface area contributed by atoms with E-state index in [0.717, 1.165) is 0 Å². The molecule has 0 aliphatic rings. The fourth-order valence-electron chi connectivity index (χ4n) is 0.730. The van der Waals surface area contributed by atoms with E-state index in [1.807, 2.05) is 0 Å². The summed E-state index contributed by atoms with van der Waals surface area (Å²) >= 11 is 0. The Morgan fingerprint density at radius 1 is 1.00 bits per heavy atom. The van der Waals surface area contributed by atoms with Gasteiger partial charge >= 0.3 is 0 Å². The van der Waals surface area contributed by atoms with Crippen molar-refractivity contribution in [2.75, 3.05) is 38.8 Å². The van der Waals surface area contributed by atoms with Crippen molar-refractivity contribution >= 4 is 10.1 Å². The highest BCUT2D eigenvalue weighted by molar-refractivity contribution is 7.85. The summed E-state index contributed by atoms with van der Waals surface area (Å²) in [5, 5.41) is 8.34. The van der Waals surface area contributed by atoms with Gasteiger partial charge in [0.05, 0.1) is 32.2 Å². The molecule has 6 nitrogen and oxygen atoms in total. The van der Waals surface area contributed by atoms with E-state index in [1.54, 1.807) is 0 Å². The lowest BCUT2D eigenvalue weighted by Gasteiger charge is -2.03. The first kappa shape index (κ1) is 13.8. The van der Waals surface area contributed by atoms with Crippen LogP contribution < -0.4 is 0 Å². The SMILES string of the molecule is O=S(=O)(O)CCCOCCOCCO.